The van der Waals surface area contributed by atoms with Crippen molar-refractivity contribution in [3.8, 4) is 16.8 Å². The van der Waals surface area contributed by atoms with Gasteiger partial charge < -0.3 is 5.32 Å². The molecule has 0 aliphatic carbocycles. The first-order valence-electron chi connectivity index (χ1n) is 10.8. The van der Waals surface area contributed by atoms with Crippen LogP contribution in [0.2, 0.25) is 0 Å². The molecular weight excluding hydrogens is 412 g/mol. The van der Waals surface area contributed by atoms with E-state index in [1.807, 2.05) is 68.6 Å². The van der Waals surface area contributed by atoms with Crippen molar-refractivity contribution in [2.45, 2.75) is 19.9 Å². The Balaban J connectivity index is 1.72. The standard InChI is InChI=1S/C27H22N4O2/c1-17(2)30-27(33)24-15-25(32)22-10-6-12-28-26(22)31(24)21-9-5-8-18(14-21)20-13-19-7-3-4-11-23(19)29-16-20/h3-17H,1-2H3,(H,30,33). The molecule has 6 nitrogen and oxygen atoms in total. The second-order valence-corrected chi connectivity index (χ2v) is 8.20. The summed E-state index contributed by atoms with van der Waals surface area (Å²) < 4.78 is 1.74. The molecule has 0 radical (unpaired) electrons. The van der Waals surface area contributed by atoms with Crippen LogP contribution in [0.25, 0.3) is 38.8 Å². The predicted molar refractivity (Wildman–Crippen MR) is 131 cm³/mol. The maximum atomic E-state index is 13.0. The monoisotopic (exact) mass is 434 g/mol. The molecule has 3 heterocycles. The summed E-state index contributed by atoms with van der Waals surface area (Å²) in [6.07, 6.45) is 3.47. The summed E-state index contributed by atoms with van der Waals surface area (Å²) in [6, 6.07) is 22.6. The highest BCUT2D eigenvalue weighted by Crippen LogP contribution is 2.26. The zero-order chi connectivity index (χ0) is 22.9. The summed E-state index contributed by atoms with van der Waals surface area (Å²) in [6.45, 7) is 3.76. The average molecular weight is 434 g/mol. The number of fused-ring (bicyclic) bond motifs is 2. The van der Waals surface area contributed by atoms with Crippen LogP contribution in [-0.2, 0) is 0 Å². The molecule has 0 spiro atoms. The van der Waals surface area contributed by atoms with Gasteiger partial charge >= 0.3 is 0 Å². The molecule has 0 atom stereocenters. The first kappa shape index (κ1) is 20.6. The summed E-state index contributed by atoms with van der Waals surface area (Å²) >= 11 is 0. The highest BCUT2D eigenvalue weighted by Gasteiger charge is 2.18. The third-order valence-electron chi connectivity index (χ3n) is 5.45. The van der Waals surface area contributed by atoms with Crippen molar-refractivity contribution < 1.29 is 4.79 Å². The molecule has 0 aliphatic heterocycles. The smallest absolute Gasteiger partial charge is 0.268 e. The fraction of sp³-hybridized carbons (Fsp3) is 0.111. The minimum Gasteiger partial charge on any atom is -0.349 e. The maximum absolute atomic E-state index is 13.0. The van der Waals surface area contributed by atoms with Gasteiger partial charge in [0.1, 0.15) is 11.3 Å². The Morgan fingerprint density at radius 3 is 2.61 bits per heavy atom. The minimum absolute atomic E-state index is 0.0736. The zero-order valence-corrected chi connectivity index (χ0v) is 18.3. The van der Waals surface area contributed by atoms with Gasteiger partial charge in [0.05, 0.1) is 10.9 Å². The Kier molecular flexibility index (Phi) is 5.18. The molecule has 0 bridgehead atoms. The van der Waals surface area contributed by atoms with E-state index >= 15 is 0 Å². The van der Waals surface area contributed by atoms with Crippen molar-refractivity contribution in [1.82, 2.24) is 19.9 Å². The van der Waals surface area contributed by atoms with E-state index in [0.29, 0.717) is 11.0 Å². The van der Waals surface area contributed by atoms with Crippen LogP contribution in [0, 0.1) is 0 Å². The first-order valence-corrected chi connectivity index (χ1v) is 10.8. The quantitative estimate of drug-likeness (QED) is 0.443. The Morgan fingerprint density at radius 2 is 1.76 bits per heavy atom. The number of pyridine rings is 3. The average Bonchev–Trinajstić information content (AvgIpc) is 2.83. The SMILES string of the molecule is CC(C)NC(=O)c1cc(=O)c2cccnc2n1-c1cccc(-c2cnc3ccccc3c2)c1. The van der Waals surface area contributed by atoms with Crippen molar-refractivity contribution in [1.29, 1.82) is 0 Å². The molecule has 0 unspecified atom stereocenters. The molecule has 162 valence electrons. The molecule has 0 aliphatic rings. The molecule has 2 aromatic carbocycles. The normalized spacial score (nSPS) is 11.2. The Bertz CT molecular complexity index is 1570. The van der Waals surface area contributed by atoms with Gasteiger partial charge in [-0.05, 0) is 55.8 Å². The van der Waals surface area contributed by atoms with Crippen LogP contribution >= 0.6 is 0 Å². The number of carbonyl (C=O) groups is 1. The first-order chi connectivity index (χ1) is 16.0. The third-order valence-corrected chi connectivity index (χ3v) is 5.45. The summed E-state index contributed by atoms with van der Waals surface area (Å²) in [5, 5.41) is 4.40. The van der Waals surface area contributed by atoms with Gasteiger partial charge in [-0.15, -0.1) is 0 Å². The van der Waals surface area contributed by atoms with Gasteiger partial charge in [0.15, 0.2) is 5.43 Å². The van der Waals surface area contributed by atoms with E-state index in [1.165, 1.54) is 6.07 Å². The van der Waals surface area contributed by atoms with E-state index in [0.717, 1.165) is 27.7 Å². The van der Waals surface area contributed by atoms with Gasteiger partial charge in [-0.1, -0.05) is 30.3 Å². The van der Waals surface area contributed by atoms with Crippen LogP contribution in [0.4, 0.5) is 0 Å². The van der Waals surface area contributed by atoms with Crippen LogP contribution in [0.3, 0.4) is 0 Å². The van der Waals surface area contributed by atoms with E-state index in [4.69, 9.17) is 0 Å². The van der Waals surface area contributed by atoms with Crippen LogP contribution < -0.4 is 10.7 Å². The van der Waals surface area contributed by atoms with E-state index < -0.39 is 0 Å². The molecule has 33 heavy (non-hydrogen) atoms. The fourth-order valence-corrected chi connectivity index (χ4v) is 3.97. The maximum Gasteiger partial charge on any atom is 0.268 e. The second kappa shape index (κ2) is 8.31. The molecular formula is C27H22N4O2. The van der Waals surface area contributed by atoms with Crippen molar-refractivity contribution in [2.75, 3.05) is 0 Å². The number of carbonyl (C=O) groups excluding carboxylic acids is 1. The largest absolute Gasteiger partial charge is 0.349 e. The van der Waals surface area contributed by atoms with Crippen molar-refractivity contribution >= 4 is 27.8 Å². The summed E-state index contributed by atoms with van der Waals surface area (Å²) in [5.74, 6) is -0.326. The Morgan fingerprint density at radius 1 is 0.909 bits per heavy atom. The fourth-order valence-electron chi connectivity index (χ4n) is 3.97. The van der Waals surface area contributed by atoms with Crippen molar-refractivity contribution in [3.63, 3.8) is 0 Å². The Labute approximate surface area is 190 Å². The number of benzene rings is 2. The topological polar surface area (TPSA) is 76.9 Å². The van der Waals surface area contributed by atoms with Gasteiger partial charge in [0.2, 0.25) is 0 Å². The van der Waals surface area contributed by atoms with Crippen molar-refractivity contribution in [2.24, 2.45) is 0 Å². The highest BCUT2D eigenvalue weighted by molar-refractivity contribution is 5.96. The zero-order valence-electron chi connectivity index (χ0n) is 18.3. The van der Waals surface area contributed by atoms with Gasteiger partial charge in [0, 0.05) is 41.1 Å². The number of hydrogen-bond donors (Lipinski definition) is 1. The number of nitrogens with zero attached hydrogens (tertiary/aromatic N) is 3. The number of rotatable bonds is 4. The molecule has 3 aromatic heterocycles. The van der Waals surface area contributed by atoms with Gasteiger partial charge in [0.25, 0.3) is 5.91 Å². The Hall–Kier alpha value is -4.32. The number of para-hydroxylation sites is 1. The molecule has 5 rings (SSSR count). The lowest BCUT2D eigenvalue weighted by atomic mass is 10.0. The minimum atomic E-state index is -0.326. The van der Waals surface area contributed by atoms with E-state index in [2.05, 4.69) is 21.4 Å². The van der Waals surface area contributed by atoms with Crippen LogP contribution in [0.1, 0.15) is 24.3 Å². The number of nitrogens with one attached hydrogen (secondary N) is 1. The molecule has 1 N–H and O–H groups in total. The summed E-state index contributed by atoms with van der Waals surface area (Å²) in [4.78, 5) is 34.8. The van der Waals surface area contributed by atoms with Crippen LogP contribution in [0.15, 0.2) is 90.0 Å². The van der Waals surface area contributed by atoms with E-state index in [1.54, 1.807) is 22.9 Å². The van der Waals surface area contributed by atoms with Crippen LogP contribution in [0.5, 0.6) is 0 Å². The molecule has 6 heteroatoms. The number of aromatic nitrogens is 3. The van der Waals surface area contributed by atoms with E-state index in [9.17, 15) is 9.59 Å². The van der Waals surface area contributed by atoms with Gasteiger partial charge in [-0.3, -0.25) is 19.1 Å². The molecule has 0 saturated carbocycles. The molecule has 5 aromatic rings. The van der Waals surface area contributed by atoms with Gasteiger partial charge in [-0.25, -0.2) is 4.98 Å². The van der Waals surface area contributed by atoms with E-state index in [-0.39, 0.29) is 23.1 Å². The van der Waals surface area contributed by atoms with Gasteiger partial charge in [-0.2, -0.15) is 0 Å². The lowest BCUT2D eigenvalue weighted by Crippen LogP contribution is -2.33. The molecule has 1 amide bonds. The molecule has 0 saturated heterocycles. The van der Waals surface area contributed by atoms with Crippen LogP contribution in [-0.4, -0.2) is 26.5 Å². The lowest BCUT2D eigenvalue weighted by Gasteiger charge is -2.18. The summed E-state index contributed by atoms with van der Waals surface area (Å²) in [7, 11) is 0. The number of amides is 1. The van der Waals surface area contributed by atoms with Crippen molar-refractivity contribution in [3.05, 3.63) is 101 Å². The molecule has 0 fully saturated rings. The highest BCUT2D eigenvalue weighted by atomic mass is 16.2. The lowest BCUT2D eigenvalue weighted by molar-refractivity contribution is 0.0936. The number of hydrogen-bond acceptors (Lipinski definition) is 4. The second-order valence-electron chi connectivity index (χ2n) is 8.20. The third kappa shape index (κ3) is 3.87. The predicted octanol–water partition coefficient (Wildman–Crippen LogP) is 4.74. The summed E-state index contributed by atoms with van der Waals surface area (Å²) in [5.41, 5.74) is 4.02.